The number of pyridine rings is 2. The second-order valence-corrected chi connectivity index (χ2v) is 9.30. The Hall–Kier alpha value is -2.49. The minimum Gasteiger partial charge on any atom is -1.00 e. The van der Waals surface area contributed by atoms with Crippen molar-refractivity contribution in [3.05, 3.63) is 102 Å². The van der Waals surface area contributed by atoms with Crippen molar-refractivity contribution in [3.8, 4) is 0 Å². The molecule has 36 heavy (non-hydrogen) atoms. The first-order chi connectivity index (χ1) is 16.0. The van der Waals surface area contributed by atoms with E-state index in [1.165, 1.54) is 11.1 Å². The maximum Gasteiger partial charge on any atom is 2.00 e. The molecule has 5 rings (SSSR count). The molecule has 0 bridgehead atoms. The van der Waals surface area contributed by atoms with E-state index in [4.69, 9.17) is 9.98 Å². The van der Waals surface area contributed by atoms with Crippen molar-refractivity contribution in [1.29, 1.82) is 0 Å². The van der Waals surface area contributed by atoms with Gasteiger partial charge in [-0.15, -0.1) is 0 Å². The van der Waals surface area contributed by atoms with E-state index in [0.29, 0.717) is 11.8 Å². The number of hydrogen-bond donors (Lipinski definition) is 0. The Kier molecular flexibility index (Phi) is 10.5. The Morgan fingerprint density at radius 1 is 0.750 bits per heavy atom. The maximum absolute atomic E-state index is 5.28. The summed E-state index contributed by atoms with van der Waals surface area (Å²) in [5, 5.41) is 2.21. The summed E-state index contributed by atoms with van der Waals surface area (Å²) in [7, 11) is 0. The third-order valence-electron chi connectivity index (χ3n) is 6.36. The normalized spacial score (nSPS) is 15.7. The van der Waals surface area contributed by atoms with Gasteiger partial charge < -0.3 is 24.8 Å². The molecular formula is C30H29Cl2FeN3. The molecule has 2 aromatic carbocycles. The fraction of sp³-hybridized carbons (Fsp3) is 0.233. The third-order valence-corrected chi connectivity index (χ3v) is 6.36. The summed E-state index contributed by atoms with van der Waals surface area (Å²) in [6.45, 7) is 8.95. The number of allylic oxidation sites excluding steroid dienone is 4. The van der Waals surface area contributed by atoms with Crippen LogP contribution in [0.5, 0.6) is 0 Å². The predicted molar refractivity (Wildman–Crippen MR) is 140 cm³/mol. The Balaban J connectivity index is 0.00000152. The Bertz CT molecular complexity index is 1410. The number of nitrogens with zero attached hydrogens (tertiary/aromatic N) is 3. The minimum atomic E-state index is -0.00130. The van der Waals surface area contributed by atoms with Crippen molar-refractivity contribution in [1.82, 2.24) is 9.97 Å². The Morgan fingerprint density at radius 3 is 2.06 bits per heavy atom. The van der Waals surface area contributed by atoms with E-state index < -0.39 is 0 Å². The quantitative estimate of drug-likeness (QED) is 0.284. The molecule has 1 aliphatic rings. The van der Waals surface area contributed by atoms with Gasteiger partial charge in [0.15, 0.2) is 0 Å². The summed E-state index contributed by atoms with van der Waals surface area (Å²) in [5.74, 6) is 0.806. The molecule has 0 aliphatic heterocycles. The molecule has 0 radical (unpaired) electrons. The van der Waals surface area contributed by atoms with Gasteiger partial charge in [0, 0.05) is 17.0 Å². The van der Waals surface area contributed by atoms with E-state index >= 15 is 0 Å². The predicted octanol–water partition coefficient (Wildman–Crippen LogP) is 2.02. The van der Waals surface area contributed by atoms with Gasteiger partial charge in [0.2, 0.25) is 0 Å². The molecule has 0 spiro atoms. The van der Waals surface area contributed by atoms with Gasteiger partial charge in [0.05, 0.1) is 34.0 Å². The molecule has 0 saturated heterocycles. The summed E-state index contributed by atoms with van der Waals surface area (Å²) in [5.41, 5.74) is 7.58. The molecule has 1 unspecified atom stereocenters. The molecule has 6 heteroatoms. The zero-order chi connectivity index (χ0) is 22.9. The van der Waals surface area contributed by atoms with Gasteiger partial charge in [0.25, 0.3) is 0 Å². The molecule has 1 atom stereocenters. The first-order valence-electron chi connectivity index (χ1n) is 11.7. The largest absolute Gasteiger partial charge is 2.00 e. The van der Waals surface area contributed by atoms with Crippen LogP contribution >= 0.6 is 0 Å². The SMILES string of the molecule is CC(C)c1cccc(C(C)C)c1N=C1C=CC=CC1c1ccc2ccc3cccnc3c2n1.[Cl-].[Cl-].[Fe+2]. The topological polar surface area (TPSA) is 38.1 Å². The molecular weight excluding hydrogens is 529 g/mol. The second kappa shape index (κ2) is 12.7. The number of hydrogen-bond acceptors (Lipinski definition) is 3. The Morgan fingerprint density at radius 2 is 1.39 bits per heavy atom. The average molecular weight is 558 g/mol. The van der Waals surface area contributed by atoms with E-state index in [0.717, 1.165) is 38.9 Å². The molecule has 2 aromatic heterocycles. The van der Waals surface area contributed by atoms with E-state index in [-0.39, 0.29) is 47.8 Å². The Labute approximate surface area is 236 Å². The van der Waals surface area contributed by atoms with Gasteiger partial charge >= 0.3 is 17.1 Å². The molecule has 2 heterocycles. The van der Waals surface area contributed by atoms with E-state index in [9.17, 15) is 0 Å². The van der Waals surface area contributed by atoms with Crippen molar-refractivity contribution in [2.24, 2.45) is 4.99 Å². The number of halogens is 2. The minimum absolute atomic E-state index is 0. The van der Waals surface area contributed by atoms with Crippen molar-refractivity contribution in [3.63, 3.8) is 0 Å². The fourth-order valence-electron chi connectivity index (χ4n) is 4.57. The van der Waals surface area contributed by atoms with Crippen LogP contribution in [0.3, 0.4) is 0 Å². The number of benzene rings is 2. The average Bonchev–Trinajstić information content (AvgIpc) is 2.84. The van der Waals surface area contributed by atoms with E-state index in [1.807, 2.05) is 12.3 Å². The van der Waals surface area contributed by atoms with Crippen LogP contribution in [0, 0.1) is 0 Å². The van der Waals surface area contributed by atoms with Gasteiger partial charge in [-0.05, 0) is 41.2 Å². The van der Waals surface area contributed by atoms with Gasteiger partial charge in [-0.25, -0.2) is 4.98 Å². The van der Waals surface area contributed by atoms with E-state index in [1.54, 1.807) is 0 Å². The van der Waals surface area contributed by atoms with Crippen LogP contribution in [-0.4, -0.2) is 15.7 Å². The van der Waals surface area contributed by atoms with Gasteiger partial charge in [-0.1, -0.05) is 88.4 Å². The molecule has 186 valence electrons. The monoisotopic (exact) mass is 557 g/mol. The molecule has 0 amide bonds. The van der Waals surface area contributed by atoms with Gasteiger partial charge in [-0.2, -0.15) is 0 Å². The molecule has 0 fully saturated rings. The molecule has 3 nitrogen and oxygen atoms in total. The molecule has 0 N–H and O–H groups in total. The van der Waals surface area contributed by atoms with Crippen molar-refractivity contribution in [2.45, 2.75) is 45.4 Å². The molecule has 4 aromatic rings. The summed E-state index contributed by atoms with van der Waals surface area (Å²) >= 11 is 0. The maximum atomic E-state index is 5.28. The number of rotatable bonds is 4. The zero-order valence-corrected chi connectivity index (χ0v) is 23.4. The van der Waals surface area contributed by atoms with Crippen LogP contribution in [0.4, 0.5) is 5.69 Å². The zero-order valence-electron chi connectivity index (χ0n) is 20.8. The van der Waals surface area contributed by atoms with Crippen LogP contribution in [0.1, 0.15) is 62.3 Å². The standard InChI is InChI=1S/C30H29N3.2ClH.Fe/c1-19(2)23-11-7-12-24(20(3)4)30(23)33-26-13-6-5-10-25(26)27-17-16-22-15-14-21-9-8-18-31-28(21)29(22)32-27;;;/h5-20,25H,1-4H3;2*1H;/q;;;+2/p-2. The van der Waals surface area contributed by atoms with Gasteiger partial charge in [0.1, 0.15) is 0 Å². The smallest absolute Gasteiger partial charge is 1.00 e. The number of para-hydroxylation sites is 1. The molecule has 1 aliphatic carbocycles. The summed E-state index contributed by atoms with van der Waals surface area (Å²) in [6, 6.07) is 19.1. The van der Waals surface area contributed by atoms with Crippen molar-refractivity contribution >= 4 is 33.2 Å². The second-order valence-electron chi connectivity index (χ2n) is 9.30. The summed E-state index contributed by atoms with van der Waals surface area (Å²) < 4.78 is 0. The van der Waals surface area contributed by atoms with E-state index in [2.05, 4.69) is 106 Å². The number of aliphatic imine (C=N–C) groups is 1. The molecule has 0 saturated carbocycles. The van der Waals surface area contributed by atoms with Crippen LogP contribution in [0.15, 0.2) is 90.1 Å². The fourth-order valence-corrected chi connectivity index (χ4v) is 4.57. The number of aromatic nitrogens is 2. The summed E-state index contributed by atoms with van der Waals surface area (Å²) in [4.78, 5) is 15.0. The van der Waals surface area contributed by atoms with Gasteiger partial charge in [-0.3, -0.25) is 9.98 Å². The first kappa shape index (κ1) is 29.7. The first-order valence-corrected chi connectivity index (χ1v) is 11.7. The number of fused-ring (bicyclic) bond motifs is 3. The van der Waals surface area contributed by atoms with Crippen molar-refractivity contribution < 1.29 is 41.9 Å². The van der Waals surface area contributed by atoms with Crippen molar-refractivity contribution in [2.75, 3.05) is 0 Å². The van der Waals surface area contributed by atoms with Crippen LogP contribution in [-0.2, 0) is 17.1 Å². The summed E-state index contributed by atoms with van der Waals surface area (Å²) in [6.07, 6.45) is 10.3. The van der Waals surface area contributed by atoms with Crippen LogP contribution in [0.25, 0.3) is 21.8 Å². The van der Waals surface area contributed by atoms with Crippen LogP contribution in [0.2, 0.25) is 0 Å². The third kappa shape index (κ3) is 5.74. The van der Waals surface area contributed by atoms with Crippen LogP contribution < -0.4 is 24.8 Å².